The SMILES string of the molecule is O=C(CCC1CCCCC1)N1CCC(n2cc(C(=O)N3CCCCC3)nn2)CC1. The molecule has 3 aliphatic rings. The Hall–Kier alpha value is -1.92. The highest BCUT2D eigenvalue weighted by Crippen LogP contribution is 2.28. The maximum atomic E-state index is 12.6. The molecule has 0 unspecified atom stereocenters. The Morgan fingerprint density at radius 2 is 1.55 bits per heavy atom. The van der Waals surface area contributed by atoms with Crippen molar-refractivity contribution < 1.29 is 9.59 Å². The van der Waals surface area contributed by atoms with E-state index in [9.17, 15) is 9.59 Å². The zero-order valence-electron chi connectivity index (χ0n) is 17.6. The lowest BCUT2D eigenvalue weighted by Gasteiger charge is -2.32. The van der Waals surface area contributed by atoms with Crippen molar-refractivity contribution in [3.05, 3.63) is 11.9 Å². The minimum Gasteiger partial charge on any atom is -0.343 e. The van der Waals surface area contributed by atoms with Crippen molar-refractivity contribution in [1.82, 2.24) is 24.8 Å². The van der Waals surface area contributed by atoms with Crippen LogP contribution in [0.15, 0.2) is 6.20 Å². The van der Waals surface area contributed by atoms with E-state index in [1.165, 1.54) is 38.5 Å². The van der Waals surface area contributed by atoms with Crippen LogP contribution in [0.2, 0.25) is 0 Å². The summed E-state index contributed by atoms with van der Waals surface area (Å²) in [7, 11) is 0. The van der Waals surface area contributed by atoms with Crippen molar-refractivity contribution >= 4 is 11.8 Å². The first kappa shape index (κ1) is 20.4. The van der Waals surface area contributed by atoms with Gasteiger partial charge in [0, 0.05) is 32.6 Å². The molecular formula is C22H35N5O2. The first-order valence-corrected chi connectivity index (χ1v) is 11.7. The van der Waals surface area contributed by atoms with Gasteiger partial charge in [0.1, 0.15) is 0 Å². The smallest absolute Gasteiger partial charge is 0.276 e. The standard InChI is InChI=1S/C22H35N5O2/c28-21(10-9-18-7-3-1-4-8-18)25-15-11-19(12-16-25)27-17-20(23-24-27)22(29)26-13-5-2-6-14-26/h17-19H,1-16H2. The van der Waals surface area contributed by atoms with Crippen molar-refractivity contribution in [1.29, 1.82) is 0 Å². The molecule has 0 N–H and O–H groups in total. The number of carbonyl (C=O) groups excluding carboxylic acids is 2. The van der Waals surface area contributed by atoms with Crippen LogP contribution in [-0.2, 0) is 4.79 Å². The van der Waals surface area contributed by atoms with Crippen LogP contribution in [0.3, 0.4) is 0 Å². The molecule has 7 nitrogen and oxygen atoms in total. The van der Waals surface area contributed by atoms with Crippen LogP contribution < -0.4 is 0 Å². The number of nitrogens with zero attached hydrogens (tertiary/aromatic N) is 5. The van der Waals surface area contributed by atoms with E-state index in [2.05, 4.69) is 10.3 Å². The van der Waals surface area contributed by atoms with E-state index in [-0.39, 0.29) is 11.9 Å². The summed E-state index contributed by atoms with van der Waals surface area (Å²) in [6.07, 6.45) is 15.3. The lowest BCUT2D eigenvalue weighted by molar-refractivity contribution is -0.132. The molecule has 0 atom stereocenters. The summed E-state index contributed by atoms with van der Waals surface area (Å²) >= 11 is 0. The third kappa shape index (κ3) is 5.17. The van der Waals surface area contributed by atoms with Crippen LogP contribution in [0.4, 0.5) is 0 Å². The number of amides is 2. The maximum Gasteiger partial charge on any atom is 0.276 e. The van der Waals surface area contributed by atoms with Gasteiger partial charge in [-0.3, -0.25) is 9.59 Å². The normalized spacial score (nSPS) is 22.1. The van der Waals surface area contributed by atoms with Gasteiger partial charge >= 0.3 is 0 Å². The first-order chi connectivity index (χ1) is 14.2. The first-order valence-electron chi connectivity index (χ1n) is 11.7. The molecule has 1 aromatic rings. The molecule has 2 saturated heterocycles. The predicted molar refractivity (Wildman–Crippen MR) is 110 cm³/mol. The molecule has 0 radical (unpaired) electrons. The summed E-state index contributed by atoms with van der Waals surface area (Å²) in [6.45, 7) is 3.22. The molecule has 2 amide bonds. The number of piperidine rings is 2. The highest BCUT2D eigenvalue weighted by molar-refractivity contribution is 5.92. The molecule has 0 aromatic carbocycles. The summed E-state index contributed by atoms with van der Waals surface area (Å²) in [5.74, 6) is 1.08. The Labute approximate surface area is 173 Å². The highest BCUT2D eigenvalue weighted by atomic mass is 16.2. The molecule has 0 spiro atoms. The van der Waals surface area contributed by atoms with Gasteiger partial charge in [0.15, 0.2) is 5.69 Å². The van der Waals surface area contributed by atoms with Gasteiger partial charge in [-0.2, -0.15) is 0 Å². The second kappa shape index (κ2) is 9.72. The van der Waals surface area contributed by atoms with Crippen LogP contribution in [-0.4, -0.2) is 62.8 Å². The van der Waals surface area contributed by atoms with E-state index in [1.807, 2.05) is 20.7 Å². The minimum absolute atomic E-state index is 0.00581. The summed E-state index contributed by atoms with van der Waals surface area (Å²) < 4.78 is 1.85. The zero-order chi connectivity index (χ0) is 20.1. The number of hydrogen-bond donors (Lipinski definition) is 0. The van der Waals surface area contributed by atoms with Crippen molar-refractivity contribution in [2.45, 2.75) is 83.1 Å². The second-order valence-corrected chi connectivity index (χ2v) is 9.09. The maximum absolute atomic E-state index is 12.6. The van der Waals surface area contributed by atoms with E-state index in [4.69, 9.17) is 0 Å². The predicted octanol–water partition coefficient (Wildman–Crippen LogP) is 3.43. The average molecular weight is 402 g/mol. The van der Waals surface area contributed by atoms with E-state index >= 15 is 0 Å². The average Bonchev–Trinajstić information content (AvgIpc) is 3.29. The Balaban J connectivity index is 1.23. The number of carbonyl (C=O) groups is 2. The molecule has 29 heavy (non-hydrogen) atoms. The molecule has 160 valence electrons. The summed E-state index contributed by atoms with van der Waals surface area (Å²) in [4.78, 5) is 29.1. The van der Waals surface area contributed by atoms with Crippen LogP contribution >= 0.6 is 0 Å². The molecule has 3 heterocycles. The molecule has 2 aliphatic heterocycles. The fourth-order valence-electron chi connectivity index (χ4n) is 5.15. The summed E-state index contributed by atoms with van der Waals surface area (Å²) in [5, 5.41) is 8.38. The summed E-state index contributed by atoms with van der Waals surface area (Å²) in [6, 6.07) is 0.229. The van der Waals surface area contributed by atoms with Crippen LogP contribution in [0.1, 0.15) is 93.6 Å². The van der Waals surface area contributed by atoms with Gasteiger partial charge in [-0.05, 0) is 44.4 Å². The molecule has 1 aliphatic carbocycles. The quantitative estimate of drug-likeness (QED) is 0.758. The Kier molecular flexibility index (Phi) is 6.82. The zero-order valence-corrected chi connectivity index (χ0v) is 17.6. The van der Waals surface area contributed by atoms with E-state index < -0.39 is 0 Å². The number of likely N-dealkylation sites (tertiary alicyclic amines) is 2. The lowest BCUT2D eigenvalue weighted by atomic mass is 9.86. The van der Waals surface area contributed by atoms with Crippen molar-refractivity contribution in [3.8, 4) is 0 Å². The van der Waals surface area contributed by atoms with Gasteiger partial charge in [0.2, 0.25) is 5.91 Å². The van der Waals surface area contributed by atoms with E-state index in [1.54, 1.807) is 0 Å². The molecule has 7 heteroatoms. The molecule has 1 aromatic heterocycles. The molecule has 3 fully saturated rings. The van der Waals surface area contributed by atoms with Gasteiger partial charge in [-0.15, -0.1) is 5.10 Å². The van der Waals surface area contributed by atoms with Crippen LogP contribution in [0.25, 0.3) is 0 Å². The molecular weight excluding hydrogens is 366 g/mol. The Morgan fingerprint density at radius 1 is 0.862 bits per heavy atom. The lowest BCUT2D eigenvalue weighted by Crippen LogP contribution is -2.39. The van der Waals surface area contributed by atoms with Crippen molar-refractivity contribution in [3.63, 3.8) is 0 Å². The Bertz CT molecular complexity index is 683. The number of hydrogen-bond acceptors (Lipinski definition) is 4. The number of aromatic nitrogens is 3. The molecule has 4 rings (SSSR count). The number of rotatable bonds is 5. The van der Waals surface area contributed by atoms with Crippen LogP contribution in [0, 0.1) is 5.92 Å². The third-order valence-corrected chi connectivity index (χ3v) is 7.06. The second-order valence-electron chi connectivity index (χ2n) is 9.09. The van der Waals surface area contributed by atoms with Crippen molar-refractivity contribution in [2.24, 2.45) is 5.92 Å². The Morgan fingerprint density at radius 3 is 2.28 bits per heavy atom. The van der Waals surface area contributed by atoms with Gasteiger partial charge < -0.3 is 9.80 Å². The van der Waals surface area contributed by atoms with Gasteiger partial charge in [-0.25, -0.2) is 4.68 Å². The van der Waals surface area contributed by atoms with E-state index in [0.29, 0.717) is 18.0 Å². The fourth-order valence-corrected chi connectivity index (χ4v) is 5.15. The topological polar surface area (TPSA) is 71.3 Å². The molecule has 0 bridgehead atoms. The monoisotopic (exact) mass is 401 g/mol. The van der Waals surface area contributed by atoms with Gasteiger partial charge in [0.25, 0.3) is 5.91 Å². The van der Waals surface area contributed by atoms with Gasteiger partial charge in [-0.1, -0.05) is 37.3 Å². The van der Waals surface area contributed by atoms with Gasteiger partial charge in [0.05, 0.1) is 12.2 Å². The molecule has 1 saturated carbocycles. The van der Waals surface area contributed by atoms with Crippen molar-refractivity contribution in [2.75, 3.05) is 26.2 Å². The van der Waals surface area contributed by atoms with Crippen LogP contribution in [0.5, 0.6) is 0 Å². The van der Waals surface area contributed by atoms with E-state index in [0.717, 1.165) is 64.2 Å². The third-order valence-electron chi connectivity index (χ3n) is 7.06. The minimum atomic E-state index is 0.00581. The summed E-state index contributed by atoms with van der Waals surface area (Å²) in [5.41, 5.74) is 0.456. The highest BCUT2D eigenvalue weighted by Gasteiger charge is 2.27. The largest absolute Gasteiger partial charge is 0.343 e. The fraction of sp³-hybridized carbons (Fsp3) is 0.818.